The van der Waals surface area contributed by atoms with E-state index in [-0.39, 0.29) is 5.69 Å². The third-order valence-corrected chi connectivity index (χ3v) is 2.26. The van der Waals surface area contributed by atoms with Crippen molar-refractivity contribution in [1.82, 2.24) is 0 Å². The Hall–Kier alpha value is -2.52. The molecule has 4 N–H and O–H groups in total. The maximum Gasteiger partial charge on any atom is 0.454 e. The molecule has 0 aliphatic carbocycles. The number of anilines is 1. The Labute approximate surface area is 106 Å². The topological polar surface area (TPSA) is 150 Å². The maximum atomic E-state index is 11.5. The van der Waals surface area contributed by atoms with E-state index in [1.807, 2.05) is 5.32 Å². The molecule has 102 valence electrons. The molecule has 0 unspecified atom stereocenters. The minimum atomic E-state index is -3.81. The molecule has 19 heavy (non-hydrogen) atoms. The lowest BCUT2D eigenvalue weighted by Crippen LogP contribution is -2.59. The second-order valence-electron chi connectivity index (χ2n) is 3.55. The van der Waals surface area contributed by atoms with Gasteiger partial charge in [-0.3, -0.25) is 14.9 Å². The Balaban J connectivity index is 2.93. The van der Waals surface area contributed by atoms with Crippen molar-refractivity contribution in [3.8, 4) is 0 Å². The normalized spacial score (nSPS) is 15.1. The average molecular weight is 270 g/mol. The number of aliphatic hydroxyl groups excluding tert-OH is 1. The highest BCUT2D eigenvalue weighted by Gasteiger charge is 2.60. The Bertz CT molecular complexity index is 488. The molecule has 0 aromatic heterocycles. The average Bonchev–Trinajstić information content (AvgIpc) is 2.37. The first kappa shape index (κ1) is 14.5. The second-order valence-corrected chi connectivity index (χ2v) is 3.55. The van der Waals surface area contributed by atoms with Crippen LogP contribution in [0.4, 0.5) is 5.69 Å². The van der Waals surface area contributed by atoms with Crippen molar-refractivity contribution in [2.24, 2.45) is 0 Å². The Morgan fingerprint density at radius 1 is 1.32 bits per heavy atom. The fraction of sp³-hybridized carbons (Fsp3) is 0.200. The molecule has 1 rings (SSSR count). The van der Waals surface area contributed by atoms with Crippen molar-refractivity contribution >= 4 is 17.6 Å². The van der Waals surface area contributed by atoms with E-state index >= 15 is 0 Å². The van der Waals surface area contributed by atoms with Gasteiger partial charge in [-0.25, -0.2) is 4.79 Å². The fourth-order valence-electron chi connectivity index (χ4n) is 1.21. The number of carboxylic acid groups (broad SMARTS) is 1. The van der Waals surface area contributed by atoms with Gasteiger partial charge >= 0.3 is 11.7 Å². The summed E-state index contributed by atoms with van der Waals surface area (Å²) in [5.74, 6) is -3.75. The molecule has 0 spiro atoms. The molecule has 0 radical (unpaired) electrons. The molecule has 0 saturated heterocycles. The van der Waals surface area contributed by atoms with Gasteiger partial charge in [0, 0.05) is 5.69 Å². The van der Waals surface area contributed by atoms with Gasteiger partial charge in [0.1, 0.15) is 0 Å². The van der Waals surface area contributed by atoms with E-state index in [9.17, 15) is 29.9 Å². The highest BCUT2D eigenvalue weighted by molar-refractivity contribution is 5.98. The van der Waals surface area contributed by atoms with Gasteiger partial charge in [0.05, 0.1) is 4.92 Å². The van der Waals surface area contributed by atoms with Gasteiger partial charge in [0.25, 0.3) is 5.91 Å². The fourth-order valence-corrected chi connectivity index (χ4v) is 1.21. The van der Waals surface area contributed by atoms with Gasteiger partial charge in [-0.05, 0) is 12.1 Å². The van der Waals surface area contributed by atoms with Crippen LogP contribution in [0.2, 0.25) is 0 Å². The first-order valence-corrected chi connectivity index (χ1v) is 4.94. The standard InChI is InChI=1S/C10H10N2O7/c13-7(10(17,9(15)16)12(18)19)8(14)11-6-4-2-1-3-5-6/h1-5,7,13,17H,(H,11,14)(H,15,16)/t7-,10+/m1/s1. The lowest BCUT2D eigenvalue weighted by atomic mass is 10.1. The van der Waals surface area contributed by atoms with Crippen molar-refractivity contribution < 1.29 is 29.8 Å². The molecule has 0 bridgehead atoms. The van der Waals surface area contributed by atoms with E-state index in [0.29, 0.717) is 0 Å². The number of carbonyl (C=O) groups is 2. The lowest BCUT2D eigenvalue weighted by molar-refractivity contribution is -0.616. The van der Waals surface area contributed by atoms with E-state index in [1.54, 1.807) is 18.2 Å². The molecule has 0 fully saturated rings. The predicted octanol–water partition coefficient (Wildman–Crippen LogP) is -0.964. The number of benzene rings is 1. The van der Waals surface area contributed by atoms with Crippen LogP contribution in [0, 0.1) is 10.1 Å². The lowest BCUT2D eigenvalue weighted by Gasteiger charge is -2.19. The summed E-state index contributed by atoms with van der Waals surface area (Å²) >= 11 is 0. The zero-order chi connectivity index (χ0) is 14.6. The van der Waals surface area contributed by atoms with Crippen LogP contribution in [-0.2, 0) is 9.59 Å². The number of carboxylic acids is 1. The number of hydrogen-bond donors (Lipinski definition) is 4. The zero-order valence-corrected chi connectivity index (χ0v) is 9.39. The third kappa shape index (κ3) is 2.84. The van der Waals surface area contributed by atoms with E-state index in [0.717, 1.165) is 0 Å². The molecule has 1 aromatic carbocycles. The Morgan fingerprint density at radius 3 is 2.26 bits per heavy atom. The highest BCUT2D eigenvalue weighted by atomic mass is 16.7. The molecular formula is C10H10N2O7. The molecule has 0 heterocycles. The van der Waals surface area contributed by atoms with Crippen molar-refractivity contribution in [2.75, 3.05) is 5.32 Å². The zero-order valence-electron chi connectivity index (χ0n) is 9.39. The molecule has 9 nitrogen and oxygen atoms in total. The minimum Gasteiger partial charge on any atom is -0.474 e. The second kappa shape index (κ2) is 5.42. The van der Waals surface area contributed by atoms with Crippen LogP contribution in [0.1, 0.15) is 0 Å². The van der Waals surface area contributed by atoms with Crippen LogP contribution in [0.15, 0.2) is 30.3 Å². The van der Waals surface area contributed by atoms with Crippen LogP contribution in [0.25, 0.3) is 0 Å². The van der Waals surface area contributed by atoms with Crippen molar-refractivity contribution in [3.05, 3.63) is 40.4 Å². The van der Waals surface area contributed by atoms with E-state index in [4.69, 9.17) is 5.11 Å². The van der Waals surface area contributed by atoms with Crippen molar-refractivity contribution in [1.29, 1.82) is 0 Å². The van der Waals surface area contributed by atoms with Crippen LogP contribution in [0.3, 0.4) is 0 Å². The van der Waals surface area contributed by atoms with Crippen molar-refractivity contribution in [2.45, 2.75) is 11.8 Å². The molecule has 2 atom stereocenters. The summed E-state index contributed by atoms with van der Waals surface area (Å²) in [5.41, 5.74) is -3.62. The summed E-state index contributed by atoms with van der Waals surface area (Å²) in [7, 11) is 0. The first-order valence-electron chi connectivity index (χ1n) is 4.94. The molecule has 9 heteroatoms. The SMILES string of the molecule is O=C(Nc1ccccc1)[C@@H](O)[C@](O)(C(=O)O)[N+](=O)[O-]. The third-order valence-electron chi connectivity index (χ3n) is 2.26. The number of hydrogen-bond acceptors (Lipinski definition) is 6. The van der Waals surface area contributed by atoms with Gasteiger partial charge in [-0.2, -0.15) is 0 Å². The molecule has 0 aliphatic heterocycles. The summed E-state index contributed by atoms with van der Waals surface area (Å²) in [5, 5.41) is 39.7. The smallest absolute Gasteiger partial charge is 0.454 e. The summed E-state index contributed by atoms with van der Waals surface area (Å²) in [6.45, 7) is 0. The summed E-state index contributed by atoms with van der Waals surface area (Å²) in [6.07, 6.45) is -2.76. The van der Waals surface area contributed by atoms with Crippen LogP contribution in [0.5, 0.6) is 0 Å². The Kier molecular flexibility index (Phi) is 4.14. The van der Waals surface area contributed by atoms with Crippen LogP contribution in [-0.4, -0.2) is 43.9 Å². The number of aliphatic hydroxyl groups is 2. The number of para-hydroxylation sites is 1. The number of nitro groups is 1. The van der Waals surface area contributed by atoms with Gasteiger partial charge in [0.2, 0.25) is 6.10 Å². The molecule has 0 aliphatic rings. The number of nitrogens with zero attached hydrogens (tertiary/aromatic N) is 1. The number of rotatable bonds is 5. The molecular weight excluding hydrogens is 260 g/mol. The van der Waals surface area contributed by atoms with Crippen molar-refractivity contribution in [3.63, 3.8) is 0 Å². The number of amides is 1. The van der Waals surface area contributed by atoms with E-state index in [2.05, 4.69) is 0 Å². The van der Waals surface area contributed by atoms with Gasteiger partial charge < -0.3 is 20.6 Å². The summed E-state index contributed by atoms with van der Waals surface area (Å²) in [6, 6.07) is 7.54. The first-order chi connectivity index (χ1) is 8.80. The molecule has 0 saturated carbocycles. The van der Waals surface area contributed by atoms with Crippen LogP contribution >= 0.6 is 0 Å². The minimum absolute atomic E-state index is 0.183. The van der Waals surface area contributed by atoms with E-state index < -0.39 is 28.6 Å². The number of nitrogens with one attached hydrogen (secondary N) is 1. The van der Waals surface area contributed by atoms with Gasteiger partial charge in [-0.1, -0.05) is 18.2 Å². The monoisotopic (exact) mass is 270 g/mol. The Morgan fingerprint density at radius 2 is 1.84 bits per heavy atom. The van der Waals surface area contributed by atoms with Gasteiger partial charge in [0.15, 0.2) is 0 Å². The largest absolute Gasteiger partial charge is 0.474 e. The summed E-state index contributed by atoms with van der Waals surface area (Å²) < 4.78 is 0. The predicted molar refractivity (Wildman–Crippen MR) is 60.7 cm³/mol. The van der Waals surface area contributed by atoms with Crippen LogP contribution < -0.4 is 5.32 Å². The highest BCUT2D eigenvalue weighted by Crippen LogP contribution is 2.15. The number of aliphatic carboxylic acids is 1. The number of carbonyl (C=O) groups excluding carboxylic acids is 1. The molecule has 1 aromatic rings. The summed E-state index contributed by atoms with van der Waals surface area (Å²) in [4.78, 5) is 31.0. The quantitative estimate of drug-likeness (QED) is 0.305. The molecule has 1 amide bonds. The maximum absolute atomic E-state index is 11.5. The van der Waals surface area contributed by atoms with Gasteiger partial charge in [-0.15, -0.1) is 0 Å². The van der Waals surface area contributed by atoms with E-state index in [1.165, 1.54) is 12.1 Å².